The minimum Gasteiger partial charge on any atom is -0.477 e. The van der Waals surface area contributed by atoms with Crippen molar-refractivity contribution in [3.05, 3.63) is 10.1 Å². The molecule has 0 aromatic rings. The lowest BCUT2D eigenvalue weighted by Crippen LogP contribution is -1.96. The maximum atomic E-state index is 9.97. The predicted molar refractivity (Wildman–Crippen MR) is 37.1 cm³/mol. The van der Waals surface area contributed by atoms with Crippen LogP contribution >= 0.6 is 34.8 Å². The van der Waals surface area contributed by atoms with E-state index >= 15 is 0 Å². The van der Waals surface area contributed by atoms with Crippen molar-refractivity contribution in [2.24, 2.45) is 0 Å². The van der Waals surface area contributed by atoms with Gasteiger partial charge in [-0.05, 0) is 0 Å². The number of rotatable bonds is 2. The minimum atomic E-state index is -1.26. The zero-order chi connectivity index (χ0) is 7.44. The number of halogens is 3. The Hall–Kier alpha value is 0.0800. The first kappa shape index (κ1) is 9.08. The van der Waals surface area contributed by atoms with Crippen LogP contribution < -0.4 is 0 Å². The highest BCUT2D eigenvalue weighted by Crippen LogP contribution is 2.14. The summed E-state index contributed by atoms with van der Waals surface area (Å²) in [5, 5.41) is 7.68. The van der Waals surface area contributed by atoms with Crippen molar-refractivity contribution in [1.82, 2.24) is 0 Å². The molecule has 9 heavy (non-hydrogen) atoms. The number of carboxylic acids is 1. The molecule has 0 radical (unpaired) electrons. The molecule has 0 aliphatic rings. The average molecular weight is 189 g/mol. The third-order valence-electron chi connectivity index (χ3n) is 0.543. The first-order valence-corrected chi connectivity index (χ1v) is 3.22. The van der Waals surface area contributed by atoms with E-state index in [0.29, 0.717) is 0 Å². The fourth-order valence-electron chi connectivity index (χ4n) is 0.175. The molecule has 0 spiro atoms. The van der Waals surface area contributed by atoms with Crippen LogP contribution in [0.4, 0.5) is 0 Å². The number of allylic oxidation sites excluding steroid dienone is 1. The first-order chi connectivity index (χ1) is 4.09. The highest BCUT2D eigenvalue weighted by atomic mass is 35.5. The summed E-state index contributed by atoms with van der Waals surface area (Å²) in [4.78, 5) is 9.97. The van der Waals surface area contributed by atoms with Crippen LogP contribution in [-0.4, -0.2) is 17.0 Å². The molecule has 0 bridgehead atoms. The zero-order valence-electron chi connectivity index (χ0n) is 4.20. The second-order valence-electron chi connectivity index (χ2n) is 1.16. The molecule has 0 aromatic heterocycles. The van der Waals surface area contributed by atoms with Gasteiger partial charge in [-0.25, -0.2) is 4.79 Å². The minimum absolute atomic E-state index is 0.0502. The van der Waals surface area contributed by atoms with Crippen molar-refractivity contribution >= 4 is 40.8 Å². The number of hydrogen-bond acceptors (Lipinski definition) is 1. The van der Waals surface area contributed by atoms with Crippen molar-refractivity contribution < 1.29 is 9.90 Å². The summed E-state index contributed by atoms with van der Waals surface area (Å²) in [7, 11) is 0. The lowest BCUT2D eigenvalue weighted by atomic mass is 10.5. The topological polar surface area (TPSA) is 37.3 Å². The van der Waals surface area contributed by atoms with E-state index in [9.17, 15) is 4.79 Å². The standard InChI is InChI=1S/C4H3Cl3O2/c5-1-2(6)3(7)4(8)9/h1H2,(H,8,9). The predicted octanol–water partition coefficient (Wildman–Crippen LogP) is 2.00. The Labute approximate surface area is 67.0 Å². The summed E-state index contributed by atoms with van der Waals surface area (Å²) in [5.41, 5.74) is 0. The molecule has 0 unspecified atom stereocenters. The van der Waals surface area contributed by atoms with Gasteiger partial charge in [0.25, 0.3) is 0 Å². The summed E-state index contributed by atoms with van der Waals surface area (Å²) in [6, 6.07) is 0. The smallest absolute Gasteiger partial charge is 0.348 e. The summed E-state index contributed by atoms with van der Waals surface area (Å²) in [6.07, 6.45) is 0. The fraction of sp³-hybridized carbons (Fsp3) is 0.250. The van der Waals surface area contributed by atoms with Gasteiger partial charge in [0.15, 0.2) is 0 Å². The van der Waals surface area contributed by atoms with Gasteiger partial charge in [-0.1, -0.05) is 23.2 Å². The Morgan fingerprint density at radius 1 is 1.44 bits per heavy atom. The molecule has 0 rings (SSSR count). The first-order valence-electron chi connectivity index (χ1n) is 1.93. The average Bonchev–Trinajstić information content (AvgIpc) is 1.84. The van der Waals surface area contributed by atoms with E-state index in [1.807, 2.05) is 0 Å². The van der Waals surface area contributed by atoms with Crippen LogP contribution in [0.5, 0.6) is 0 Å². The quantitative estimate of drug-likeness (QED) is 0.533. The summed E-state index contributed by atoms with van der Waals surface area (Å²) < 4.78 is 0. The Morgan fingerprint density at radius 2 is 1.89 bits per heavy atom. The molecule has 0 atom stereocenters. The Morgan fingerprint density at radius 3 is 2.00 bits per heavy atom. The SMILES string of the molecule is O=C(O)C(Cl)=C(Cl)CCl. The van der Waals surface area contributed by atoms with Gasteiger partial charge in [0.1, 0.15) is 5.03 Å². The Balaban J connectivity index is 4.28. The van der Waals surface area contributed by atoms with E-state index in [4.69, 9.17) is 39.9 Å². The van der Waals surface area contributed by atoms with Crippen LogP contribution in [0.25, 0.3) is 0 Å². The molecule has 0 fully saturated rings. The molecule has 1 N–H and O–H groups in total. The third-order valence-corrected chi connectivity index (χ3v) is 1.76. The molecular formula is C4H3Cl3O2. The normalized spacial score (nSPS) is 12.8. The van der Waals surface area contributed by atoms with Gasteiger partial charge < -0.3 is 5.11 Å². The maximum Gasteiger partial charge on any atom is 0.348 e. The summed E-state index contributed by atoms with van der Waals surface area (Å²) in [5.74, 6) is -1.34. The highest BCUT2D eigenvalue weighted by molar-refractivity contribution is 6.48. The summed E-state index contributed by atoms with van der Waals surface area (Å²) >= 11 is 15.5. The monoisotopic (exact) mass is 188 g/mol. The molecule has 0 saturated heterocycles. The molecular weight excluding hydrogens is 186 g/mol. The van der Waals surface area contributed by atoms with Crippen LogP contribution in [0.1, 0.15) is 0 Å². The lowest BCUT2D eigenvalue weighted by Gasteiger charge is -1.91. The third kappa shape index (κ3) is 2.94. The number of carboxylic acid groups (broad SMARTS) is 1. The maximum absolute atomic E-state index is 9.97. The molecule has 0 heterocycles. The molecule has 2 nitrogen and oxygen atoms in total. The van der Waals surface area contributed by atoms with Crippen LogP contribution in [0.3, 0.4) is 0 Å². The summed E-state index contributed by atoms with van der Waals surface area (Å²) in [6.45, 7) is 0. The second-order valence-corrected chi connectivity index (χ2v) is 2.26. The van der Waals surface area contributed by atoms with Crippen molar-refractivity contribution in [3.63, 3.8) is 0 Å². The zero-order valence-corrected chi connectivity index (χ0v) is 6.46. The highest BCUT2D eigenvalue weighted by Gasteiger charge is 2.07. The van der Waals surface area contributed by atoms with Gasteiger partial charge in [0, 0.05) is 0 Å². The lowest BCUT2D eigenvalue weighted by molar-refractivity contribution is -0.131. The van der Waals surface area contributed by atoms with Gasteiger partial charge in [-0.15, -0.1) is 11.6 Å². The fourth-order valence-corrected chi connectivity index (χ4v) is 0.524. The Bertz CT molecular complexity index is 152. The van der Waals surface area contributed by atoms with E-state index in [2.05, 4.69) is 0 Å². The van der Waals surface area contributed by atoms with Gasteiger partial charge >= 0.3 is 5.97 Å². The number of aliphatic carboxylic acids is 1. The number of hydrogen-bond donors (Lipinski definition) is 1. The van der Waals surface area contributed by atoms with Crippen LogP contribution in [0, 0.1) is 0 Å². The molecule has 0 saturated carbocycles. The van der Waals surface area contributed by atoms with Crippen molar-refractivity contribution in [1.29, 1.82) is 0 Å². The van der Waals surface area contributed by atoms with Crippen LogP contribution in [0.15, 0.2) is 10.1 Å². The van der Waals surface area contributed by atoms with Gasteiger partial charge in [0.2, 0.25) is 0 Å². The van der Waals surface area contributed by atoms with Crippen molar-refractivity contribution in [3.8, 4) is 0 Å². The van der Waals surface area contributed by atoms with E-state index < -0.39 is 11.0 Å². The van der Waals surface area contributed by atoms with Crippen molar-refractivity contribution in [2.45, 2.75) is 0 Å². The van der Waals surface area contributed by atoms with E-state index in [-0.39, 0.29) is 10.9 Å². The van der Waals surface area contributed by atoms with Crippen LogP contribution in [0.2, 0.25) is 0 Å². The van der Waals surface area contributed by atoms with Crippen molar-refractivity contribution in [2.75, 3.05) is 5.88 Å². The van der Waals surface area contributed by atoms with Gasteiger partial charge in [-0.2, -0.15) is 0 Å². The van der Waals surface area contributed by atoms with Gasteiger partial charge in [-0.3, -0.25) is 0 Å². The Kier molecular flexibility index (Phi) is 4.02. The second kappa shape index (κ2) is 3.99. The molecule has 0 aromatic carbocycles. The molecule has 0 aliphatic heterocycles. The van der Waals surface area contributed by atoms with E-state index in [1.165, 1.54) is 0 Å². The molecule has 0 aliphatic carbocycles. The molecule has 52 valence electrons. The number of carbonyl (C=O) groups is 1. The van der Waals surface area contributed by atoms with Crippen LogP contribution in [-0.2, 0) is 4.79 Å². The molecule has 5 heteroatoms. The number of alkyl halides is 1. The van der Waals surface area contributed by atoms with E-state index in [1.54, 1.807) is 0 Å². The largest absolute Gasteiger partial charge is 0.477 e. The molecule has 0 amide bonds. The van der Waals surface area contributed by atoms with E-state index in [0.717, 1.165) is 0 Å². The van der Waals surface area contributed by atoms with Gasteiger partial charge in [0.05, 0.1) is 10.9 Å².